The first-order valence-electron chi connectivity index (χ1n) is 6.37. The fourth-order valence-corrected chi connectivity index (χ4v) is 2.75. The average molecular weight is 278 g/mol. The fraction of sp³-hybridized carbons (Fsp3) is 0.357. The van der Waals surface area contributed by atoms with Crippen LogP contribution in [-0.2, 0) is 11.8 Å². The summed E-state index contributed by atoms with van der Waals surface area (Å²) in [6.45, 7) is 0.781. The van der Waals surface area contributed by atoms with E-state index in [9.17, 15) is 0 Å². The SMILES string of the molecule is Cn1nc(C2CCCO2)c(-c2ccccc2Cl)c1N. The quantitative estimate of drug-likeness (QED) is 0.917. The highest BCUT2D eigenvalue weighted by atomic mass is 35.5. The van der Waals surface area contributed by atoms with Gasteiger partial charge in [0.05, 0.1) is 5.56 Å². The summed E-state index contributed by atoms with van der Waals surface area (Å²) in [6.07, 6.45) is 2.06. The molecule has 1 unspecified atom stereocenters. The van der Waals surface area contributed by atoms with Crippen molar-refractivity contribution in [1.82, 2.24) is 9.78 Å². The summed E-state index contributed by atoms with van der Waals surface area (Å²) in [5, 5.41) is 5.20. The molecule has 100 valence electrons. The van der Waals surface area contributed by atoms with Crippen molar-refractivity contribution >= 4 is 17.4 Å². The zero-order valence-corrected chi connectivity index (χ0v) is 11.5. The molecule has 0 spiro atoms. The van der Waals surface area contributed by atoms with Gasteiger partial charge >= 0.3 is 0 Å². The van der Waals surface area contributed by atoms with Crippen LogP contribution in [0.3, 0.4) is 0 Å². The lowest BCUT2D eigenvalue weighted by atomic mass is 10.0. The van der Waals surface area contributed by atoms with Crippen LogP contribution in [-0.4, -0.2) is 16.4 Å². The van der Waals surface area contributed by atoms with Gasteiger partial charge in [0.1, 0.15) is 17.6 Å². The monoisotopic (exact) mass is 277 g/mol. The van der Waals surface area contributed by atoms with Crippen LogP contribution in [0.25, 0.3) is 11.1 Å². The molecule has 1 saturated heterocycles. The molecule has 1 fully saturated rings. The minimum Gasteiger partial charge on any atom is -0.383 e. The lowest BCUT2D eigenvalue weighted by Gasteiger charge is -2.10. The Kier molecular flexibility index (Phi) is 3.21. The van der Waals surface area contributed by atoms with Gasteiger partial charge in [0, 0.05) is 24.2 Å². The Bertz CT molecular complexity index is 603. The summed E-state index contributed by atoms with van der Waals surface area (Å²) in [5.74, 6) is 0.624. The molecule has 0 radical (unpaired) electrons. The first-order valence-corrected chi connectivity index (χ1v) is 6.75. The van der Waals surface area contributed by atoms with E-state index in [0.29, 0.717) is 10.8 Å². The topological polar surface area (TPSA) is 53.1 Å². The van der Waals surface area contributed by atoms with Gasteiger partial charge in [-0.15, -0.1) is 0 Å². The molecule has 3 rings (SSSR count). The number of rotatable bonds is 2. The number of halogens is 1. The van der Waals surface area contributed by atoms with Gasteiger partial charge in [0.15, 0.2) is 0 Å². The van der Waals surface area contributed by atoms with Crippen molar-refractivity contribution in [2.24, 2.45) is 7.05 Å². The maximum Gasteiger partial charge on any atom is 0.129 e. The third kappa shape index (κ3) is 2.11. The summed E-state index contributed by atoms with van der Waals surface area (Å²) in [4.78, 5) is 0. The van der Waals surface area contributed by atoms with Gasteiger partial charge in [0.2, 0.25) is 0 Å². The predicted octanol–water partition coefficient (Wildman–Crippen LogP) is 3.17. The van der Waals surface area contributed by atoms with Gasteiger partial charge in [-0.3, -0.25) is 4.68 Å². The smallest absolute Gasteiger partial charge is 0.129 e. The summed E-state index contributed by atoms with van der Waals surface area (Å²) in [6, 6.07) is 7.69. The van der Waals surface area contributed by atoms with Gasteiger partial charge < -0.3 is 10.5 Å². The molecular weight excluding hydrogens is 262 g/mol. The van der Waals surface area contributed by atoms with E-state index in [1.54, 1.807) is 4.68 Å². The number of ether oxygens (including phenoxy) is 1. The standard InChI is InChI=1S/C14H16ClN3O/c1-18-14(16)12(9-5-2-3-6-10(9)15)13(17-18)11-7-4-8-19-11/h2-3,5-6,11H,4,7-8,16H2,1H3. The number of hydrogen-bond donors (Lipinski definition) is 1. The summed E-state index contributed by atoms with van der Waals surface area (Å²) >= 11 is 6.29. The number of aryl methyl sites for hydroxylation is 1. The molecule has 2 heterocycles. The molecular formula is C14H16ClN3O. The lowest BCUT2D eigenvalue weighted by molar-refractivity contribution is 0.108. The van der Waals surface area contributed by atoms with Crippen LogP contribution in [0.1, 0.15) is 24.6 Å². The molecule has 5 heteroatoms. The zero-order chi connectivity index (χ0) is 13.4. The first-order chi connectivity index (χ1) is 9.18. The van der Waals surface area contributed by atoms with Crippen LogP contribution >= 0.6 is 11.6 Å². The van der Waals surface area contributed by atoms with Crippen molar-refractivity contribution < 1.29 is 4.74 Å². The molecule has 0 bridgehead atoms. The summed E-state index contributed by atoms with van der Waals surface area (Å²) in [5.41, 5.74) is 8.87. The van der Waals surface area contributed by atoms with E-state index in [-0.39, 0.29) is 6.10 Å². The molecule has 1 atom stereocenters. The Morgan fingerprint density at radius 3 is 2.89 bits per heavy atom. The zero-order valence-electron chi connectivity index (χ0n) is 10.8. The maximum atomic E-state index is 6.29. The van der Waals surface area contributed by atoms with E-state index in [1.807, 2.05) is 31.3 Å². The Hall–Kier alpha value is -1.52. The van der Waals surface area contributed by atoms with Crippen molar-refractivity contribution in [2.45, 2.75) is 18.9 Å². The second-order valence-corrected chi connectivity index (χ2v) is 5.16. The molecule has 1 aromatic heterocycles. The second kappa shape index (κ2) is 4.87. The number of benzene rings is 1. The first kappa shape index (κ1) is 12.5. The second-order valence-electron chi connectivity index (χ2n) is 4.75. The van der Waals surface area contributed by atoms with E-state index in [0.717, 1.165) is 36.3 Å². The summed E-state index contributed by atoms with van der Waals surface area (Å²) < 4.78 is 7.43. The minimum atomic E-state index is 0.0229. The van der Waals surface area contributed by atoms with Crippen molar-refractivity contribution in [3.05, 3.63) is 35.0 Å². The average Bonchev–Trinajstić information content (AvgIpc) is 3.01. The van der Waals surface area contributed by atoms with Crippen LogP contribution < -0.4 is 5.73 Å². The van der Waals surface area contributed by atoms with Crippen LogP contribution in [0.4, 0.5) is 5.82 Å². The van der Waals surface area contributed by atoms with Gasteiger partial charge in [-0.1, -0.05) is 29.8 Å². The molecule has 4 nitrogen and oxygen atoms in total. The molecule has 2 N–H and O–H groups in total. The van der Waals surface area contributed by atoms with E-state index in [2.05, 4.69) is 5.10 Å². The Balaban J connectivity index is 2.16. The molecule has 0 amide bonds. The third-order valence-electron chi connectivity index (χ3n) is 3.50. The van der Waals surface area contributed by atoms with Gasteiger partial charge in [-0.05, 0) is 18.9 Å². The number of nitrogens with zero attached hydrogens (tertiary/aromatic N) is 2. The number of nitrogen functional groups attached to an aromatic ring is 1. The van der Waals surface area contributed by atoms with Gasteiger partial charge in [-0.25, -0.2) is 0 Å². The molecule has 0 aliphatic carbocycles. The molecule has 1 aromatic carbocycles. The lowest BCUT2D eigenvalue weighted by Crippen LogP contribution is -2.00. The minimum absolute atomic E-state index is 0.0229. The number of anilines is 1. The Morgan fingerprint density at radius 2 is 2.21 bits per heavy atom. The van der Waals surface area contributed by atoms with E-state index < -0.39 is 0 Å². The van der Waals surface area contributed by atoms with Crippen LogP contribution in [0.15, 0.2) is 24.3 Å². The number of aromatic nitrogens is 2. The van der Waals surface area contributed by atoms with Crippen molar-refractivity contribution in [3.63, 3.8) is 0 Å². The highest BCUT2D eigenvalue weighted by molar-refractivity contribution is 6.33. The van der Waals surface area contributed by atoms with E-state index >= 15 is 0 Å². The summed E-state index contributed by atoms with van der Waals surface area (Å²) in [7, 11) is 1.84. The van der Waals surface area contributed by atoms with Crippen molar-refractivity contribution in [2.75, 3.05) is 12.3 Å². The number of hydrogen-bond acceptors (Lipinski definition) is 3. The van der Waals surface area contributed by atoms with Gasteiger partial charge in [-0.2, -0.15) is 5.10 Å². The largest absolute Gasteiger partial charge is 0.383 e. The van der Waals surface area contributed by atoms with Crippen LogP contribution in [0, 0.1) is 0 Å². The van der Waals surface area contributed by atoms with Gasteiger partial charge in [0.25, 0.3) is 0 Å². The predicted molar refractivity (Wildman–Crippen MR) is 76.0 cm³/mol. The molecule has 19 heavy (non-hydrogen) atoms. The van der Waals surface area contributed by atoms with Crippen LogP contribution in [0.2, 0.25) is 5.02 Å². The molecule has 1 aliphatic heterocycles. The van der Waals surface area contributed by atoms with E-state index in [1.165, 1.54) is 0 Å². The van der Waals surface area contributed by atoms with Crippen LogP contribution in [0.5, 0.6) is 0 Å². The molecule has 2 aromatic rings. The Labute approximate surface area is 117 Å². The highest BCUT2D eigenvalue weighted by Crippen LogP contribution is 2.40. The maximum absolute atomic E-state index is 6.29. The third-order valence-corrected chi connectivity index (χ3v) is 3.83. The normalized spacial score (nSPS) is 18.9. The number of nitrogens with two attached hydrogens (primary N) is 1. The van der Waals surface area contributed by atoms with Crippen molar-refractivity contribution in [1.29, 1.82) is 0 Å². The fourth-order valence-electron chi connectivity index (χ4n) is 2.52. The Morgan fingerprint density at radius 1 is 1.42 bits per heavy atom. The molecule has 0 saturated carbocycles. The van der Waals surface area contributed by atoms with Crippen molar-refractivity contribution in [3.8, 4) is 11.1 Å². The molecule has 1 aliphatic rings. The van der Waals surface area contributed by atoms with E-state index in [4.69, 9.17) is 22.1 Å². The highest BCUT2D eigenvalue weighted by Gasteiger charge is 2.27.